The van der Waals surface area contributed by atoms with Crippen molar-refractivity contribution < 1.29 is 33.3 Å². The molecule has 2 aromatic heterocycles. The van der Waals surface area contributed by atoms with E-state index in [2.05, 4.69) is 10.3 Å². The molecule has 0 spiro atoms. The molecule has 0 radical (unpaired) electrons. The van der Waals surface area contributed by atoms with Crippen LogP contribution in [-0.2, 0) is 14.3 Å². The Hall–Kier alpha value is -3.44. The van der Waals surface area contributed by atoms with Gasteiger partial charge in [0.1, 0.15) is 15.4 Å². The van der Waals surface area contributed by atoms with Crippen molar-refractivity contribution >= 4 is 45.5 Å². The summed E-state index contributed by atoms with van der Waals surface area (Å²) in [6, 6.07) is 5.23. The lowest BCUT2D eigenvalue weighted by Crippen LogP contribution is -2.21. The van der Waals surface area contributed by atoms with Crippen molar-refractivity contribution in [2.24, 2.45) is 0 Å². The predicted molar refractivity (Wildman–Crippen MR) is 125 cm³/mol. The predicted octanol–water partition coefficient (Wildman–Crippen LogP) is 4.17. The van der Waals surface area contributed by atoms with E-state index in [4.69, 9.17) is 18.9 Å². The van der Waals surface area contributed by atoms with E-state index in [1.807, 2.05) is 0 Å². The van der Waals surface area contributed by atoms with Gasteiger partial charge in [0.15, 0.2) is 18.1 Å². The molecule has 1 aromatic carbocycles. The van der Waals surface area contributed by atoms with Crippen molar-refractivity contribution in [1.29, 1.82) is 0 Å². The minimum Gasteiger partial charge on any atom is -0.493 e. The number of carbonyl (C=O) groups excluding carboxylic acids is 3. The summed E-state index contributed by atoms with van der Waals surface area (Å²) in [5, 5.41) is 4.66. The zero-order valence-electron chi connectivity index (χ0n) is 18.4. The average Bonchev–Trinajstić information content (AvgIpc) is 3.43. The molecule has 11 heteroatoms. The topological polar surface area (TPSA) is 113 Å². The Morgan fingerprint density at radius 1 is 1.03 bits per heavy atom. The van der Waals surface area contributed by atoms with Crippen molar-refractivity contribution in [3.63, 3.8) is 0 Å². The Morgan fingerprint density at radius 2 is 1.79 bits per heavy atom. The van der Waals surface area contributed by atoms with Crippen LogP contribution >= 0.6 is 22.7 Å². The molecule has 174 valence electrons. The first-order valence-corrected chi connectivity index (χ1v) is 11.5. The molecule has 0 atom stereocenters. The van der Waals surface area contributed by atoms with Gasteiger partial charge in [-0.15, -0.1) is 22.7 Å². The number of nitrogens with one attached hydrogen (secondary N) is 1. The summed E-state index contributed by atoms with van der Waals surface area (Å²) >= 11 is 2.29. The monoisotopic (exact) mass is 490 g/mol. The summed E-state index contributed by atoms with van der Waals surface area (Å²) in [6.45, 7) is 3.03. The molecule has 2 heterocycles. The molecule has 0 bridgehead atoms. The molecule has 0 unspecified atom stereocenters. The number of ether oxygens (including phenoxy) is 4. The molecule has 3 aromatic rings. The van der Waals surface area contributed by atoms with E-state index in [9.17, 15) is 14.4 Å². The minimum atomic E-state index is -0.632. The van der Waals surface area contributed by atoms with Gasteiger partial charge in [-0.25, -0.2) is 14.6 Å². The highest BCUT2D eigenvalue weighted by molar-refractivity contribution is 7.15. The summed E-state index contributed by atoms with van der Waals surface area (Å²) in [5.74, 6) is -0.770. The number of nitrogens with zero attached hydrogens (tertiary/aromatic N) is 1. The summed E-state index contributed by atoms with van der Waals surface area (Å²) < 4.78 is 20.9. The van der Waals surface area contributed by atoms with Gasteiger partial charge in [0.2, 0.25) is 0 Å². The van der Waals surface area contributed by atoms with Crippen LogP contribution in [-0.4, -0.2) is 50.3 Å². The lowest BCUT2D eigenvalue weighted by Gasteiger charge is -2.11. The molecular formula is C22H22N2O7S2. The quantitative estimate of drug-likeness (QED) is 0.445. The number of hydrogen-bond donors (Lipinski definition) is 1. The summed E-state index contributed by atoms with van der Waals surface area (Å²) in [5.41, 5.74) is 3.50. The molecule has 0 fully saturated rings. The van der Waals surface area contributed by atoms with Crippen LogP contribution in [0.5, 0.6) is 11.5 Å². The van der Waals surface area contributed by atoms with E-state index < -0.39 is 24.5 Å². The lowest BCUT2D eigenvalue weighted by molar-refractivity contribution is -0.119. The Kier molecular flexibility index (Phi) is 8.01. The molecular weight excluding hydrogens is 468 g/mol. The number of methoxy groups -OCH3 is 2. The Labute approximate surface area is 198 Å². The number of rotatable bonds is 9. The smallest absolute Gasteiger partial charge is 0.350 e. The van der Waals surface area contributed by atoms with Gasteiger partial charge in [-0.05, 0) is 31.5 Å². The maximum absolute atomic E-state index is 12.7. The fourth-order valence-electron chi connectivity index (χ4n) is 2.93. The van der Waals surface area contributed by atoms with Gasteiger partial charge in [0.05, 0.1) is 32.0 Å². The molecule has 1 amide bonds. The van der Waals surface area contributed by atoms with Crippen molar-refractivity contribution in [2.45, 2.75) is 13.8 Å². The van der Waals surface area contributed by atoms with Gasteiger partial charge in [0, 0.05) is 10.9 Å². The van der Waals surface area contributed by atoms with E-state index in [-0.39, 0.29) is 17.2 Å². The van der Waals surface area contributed by atoms with E-state index in [0.29, 0.717) is 33.2 Å². The summed E-state index contributed by atoms with van der Waals surface area (Å²) in [4.78, 5) is 41.6. The van der Waals surface area contributed by atoms with Crippen LogP contribution in [0.1, 0.15) is 32.6 Å². The molecule has 9 nitrogen and oxygen atoms in total. The highest BCUT2D eigenvalue weighted by atomic mass is 32.1. The van der Waals surface area contributed by atoms with Crippen LogP contribution in [0.2, 0.25) is 0 Å². The van der Waals surface area contributed by atoms with Gasteiger partial charge in [-0.2, -0.15) is 0 Å². The zero-order chi connectivity index (χ0) is 24.0. The molecule has 0 saturated carbocycles. The fraction of sp³-hybridized carbons (Fsp3) is 0.273. The van der Waals surface area contributed by atoms with Crippen LogP contribution in [0, 0.1) is 6.92 Å². The number of carbonyl (C=O) groups is 3. The number of aryl methyl sites for hydroxylation is 1. The van der Waals surface area contributed by atoms with E-state index in [1.54, 1.807) is 37.4 Å². The molecule has 3 rings (SSSR count). The Bertz CT molecular complexity index is 1170. The van der Waals surface area contributed by atoms with Gasteiger partial charge < -0.3 is 24.3 Å². The van der Waals surface area contributed by atoms with Gasteiger partial charge in [-0.3, -0.25) is 4.79 Å². The Morgan fingerprint density at radius 3 is 2.42 bits per heavy atom. The number of aromatic nitrogens is 1. The maximum Gasteiger partial charge on any atom is 0.350 e. The van der Waals surface area contributed by atoms with Gasteiger partial charge in [0.25, 0.3) is 5.91 Å². The number of hydrogen-bond acceptors (Lipinski definition) is 10. The first-order valence-electron chi connectivity index (χ1n) is 9.77. The SMILES string of the molecule is CCOC(=O)c1c(-c2ccc(OC)c(OC)c2)csc1NC(=O)COC(=O)c1scnc1C. The number of benzene rings is 1. The van der Waals surface area contributed by atoms with Crippen LogP contribution in [0.3, 0.4) is 0 Å². The maximum atomic E-state index is 12.7. The summed E-state index contributed by atoms with van der Waals surface area (Å²) in [7, 11) is 3.05. The van der Waals surface area contributed by atoms with Crippen molar-refractivity contribution in [1.82, 2.24) is 4.98 Å². The molecule has 33 heavy (non-hydrogen) atoms. The second-order valence-electron chi connectivity index (χ2n) is 6.53. The van der Waals surface area contributed by atoms with Crippen LogP contribution in [0.4, 0.5) is 5.00 Å². The van der Waals surface area contributed by atoms with Crippen LogP contribution in [0.15, 0.2) is 29.1 Å². The largest absolute Gasteiger partial charge is 0.493 e. The molecule has 0 aliphatic rings. The fourth-order valence-corrected chi connectivity index (χ4v) is 4.60. The third kappa shape index (κ3) is 5.49. The van der Waals surface area contributed by atoms with E-state index >= 15 is 0 Å². The third-order valence-electron chi connectivity index (χ3n) is 4.48. The number of esters is 2. The highest BCUT2D eigenvalue weighted by Gasteiger charge is 2.24. The lowest BCUT2D eigenvalue weighted by atomic mass is 10.0. The number of thiazole rings is 1. The van der Waals surface area contributed by atoms with Gasteiger partial charge in [-0.1, -0.05) is 6.07 Å². The summed E-state index contributed by atoms with van der Waals surface area (Å²) in [6.07, 6.45) is 0. The normalized spacial score (nSPS) is 10.4. The molecule has 0 aliphatic carbocycles. The first kappa shape index (κ1) is 24.2. The molecule has 0 saturated heterocycles. The van der Waals surface area contributed by atoms with Crippen LogP contribution in [0.25, 0.3) is 11.1 Å². The molecule has 1 N–H and O–H groups in total. The Balaban J connectivity index is 1.83. The van der Waals surface area contributed by atoms with Crippen molar-refractivity contribution in [3.8, 4) is 22.6 Å². The van der Waals surface area contributed by atoms with Crippen LogP contribution < -0.4 is 14.8 Å². The number of amides is 1. The van der Waals surface area contributed by atoms with Crippen molar-refractivity contribution in [2.75, 3.05) is 32.8 Å². The van der Waals surface area contributed by atoms with Crippen molar-refractivity contribution in [3.05, 3.63) is 45.2 Å². The van der Waals surface area contributed by atoms with Gasteiger partial charge >= 0.3 is 11.9 Å². The van der Waals surface area contributed by atoms with E-state index in [0.717, 1.165) is 22.7 Å². The second-order valence-corrected chi connectivity index (χ2v) is 8.27. The zero-order valence-corrected chi connectivity index (χ0v) is 20.1. The number of anilines is 1. The second kappa shape index (κ2) is 10.9. The minimum absolute atomic E-state index is 0.166. The third-order valence-corrected chi connectivity index (χ3v) is 6.29. The average molecular weight is 491 g/mol. The number of thiophene rings is 1. The van der Waals surface area contributed by atoms with E-state index in [1.165, 1.54) is 19.7 Å². The highest BCUT2D eigenvalue weighted by Crippen LogP contribution is 2.39. The first-order chi connectivity index (χ1) is 15.9. The molecule has 0 aliphatic heterocycles. The standard InChI is InChI=1S/C22H22N2O7S2/c1-5-30-21(26)18-14(13-6-7-15(28-3)16(8-13)29-4)10-32-20(18)24-17(25)9-31-22(27)19-12(2)23-11-33-19/h6-8,10-11H,5,9H2,1-4H3,(H,24,25).